The molecule has 0 spiro atoms. The molecule has 3 nitrogen and oxygen atoms in total. The Morgan fingerprint density at radius 1 is 1.17 bits per heavy atom. The molecule has 1 saturated heterocycles. The van der Waals surface area contributed by atoms with Crippen molar-refractivity contribution >= 4 is 17.2 Å². The third-order valence-corrected chi connectivity index (χ3v) is 4.72. The fourth-order valence-electron chi connectivity index (χ4n) is 2.67. The van der Waals surface area contributed by atoms with Crippen LogP contribution in [-0.4, -0.2) is 36.9 Å². The lowest BCUT2D eigenvalue weighted by Gasteiger charge is -2.18. The molecule has 0 amide bonds. The first-order chi connectivity index (χ1) is 8.92. The molecule has 2 aliphatic rings. The minimum absolute atomic E-state index is 0.925. The van der Waals surface area contributed by atoms with Gasteiger partial charge in [-0.3, -0.25) is 9.89 Å². The van der Waals surface area contributed by atoms with Crippen LogP contribution in [0.3, 0.4) is 0 Å². The summed E-state index contributed by atoms with van der Waals surface area (Å²) in [6, 6.07) is 4.49. The molecular formula is C14H21N3S. The molecule has 1 N–H and O–H groups in total. The van der Waals surface area contributed by atoms with Crippen molar-refractivity contribution in [3.63, 3.8) is 0 Å². The van der Waals surface area contributed by atoms with E-state index in [1.165, 1.54) is 48.5 Å². The number of rotatable bonds is 3. The Balaban J connectivity index is 1.62. The Morgan fingerprint density at radius 3 is 2.72 bits per heavy atom. The summed E-state index contributed by atoms with van der Waals surface area (Å²) in [4.78, 5) is 9.87. The number of thiophene rings is 1. The Morgan fingerprint density at radius 2 is 2.00 bits per heavy atom. The first-order valence-corrected chi connectivity index (χ1v) is 7.83. The number of hydrogen-bond acceptors (Lipinski definition) is 4. The maximum atomic E-state index is 4.48. The van der Waals surface area contributed by atoms with Crippen molar-refractivity contribution in [2.75, 3.05) is 26.2 Å². The molecule has 0 atom stereocenters. The highest BCUT2D eigenvalue weighted by Gasteiger charge is 2.13. The van der Waals surface area contributed by atoms with E-state index in [2.05, 4.69) is 27.3 Å². The lowest BCUT2D eigenvalue weighted by molar-refractivity contribution is 0.279. The van der Waals surface area contributed by atoms with Crippen LogP contribution < -0.4 is 5.32 Å². The molecule has 0 saturated carbocycles. The monoisotopic (exact) mass is 263 g/mol. The second-order valence-electron chi connectivity index (χ2n) is 5.11. The highest BCUT2D eigenvalue weighted by atomic mass is 32.1. The van der Waals surface area contributed by atoms with Crippen molar-refractivity contribution in [3.8, 4) is 0 Å². The van der Waals surface area contributed by atoms with Gasteiger partial charge in [0, 0.05) is 18.0 Å². The fraction of sp³-hybridized carbons (Fsp3) is 0.643. The Bertz CT molecular complexity index is 416. The van der Waals surface area contributed by atoms with Gasteiger partial charge in [0.1, 0.15) is 5.84 Å². The number of nitrogens with one attached hydrogen (secondary N) is 1. The molecule has 3 rings (SSSR count). The lowest BCUT2D eigenvalue weighted by Crippen LogP contribution is -2.23. The van der Waals surface area contributed by atoms with Crippen LogP contribution in [0.4, 0.5) is 0 Å². The Hall–Kier alpha value is -0.870. The van der Waals surface area contributed by atoms with E-state index in [1.807, 2.05) is 11.3 Å². The van der Waals surface area contributed by atoms with Gasteiger partial charge in [0.15, 0.2) is 0 Å². The number of aliphatic imine (C=N–C) groups is 1. The highest BCUT2D eigenvalue weighted by molar-refractivity contribution is 7.14. The van der Waals surface area contributed by atoms with Gasteiger partial charge < -0.3 is 5.32 Å². The molecule has 0 aromatic carbocycles. The molecule has 0 bridgehead atoms. The van der Waals surface area contributed by atoms with E-state index in [9.17, 15) is 0 Å². The fourth-order valence-corrected chi connectivity index (χ4v) is 3.70. The second-order valence-corrected chi connectivity index (χ2v) is 6.28. The average molecular weight is 263 g/mol. The van der Waals surface area contributed by atoms with Gasteiger partial charge in [-0.1, -0.05) is 12.8 Å². The maximum Gasteiger partial charge on any atom is 0.138 e. The summed E-state index contributed by atoms with van der Waals surface area (Å²) in [5.74, 6) is 1.10. The van der Waals surface area contributed by atoms with E-state index in [0.717, 1.165) is 25.5 Å². The van der Waals surface area contributed by atoms with Gasteiger partial charge in [0.25, 0.3) is 0 Å². The molecule has 3 heterocycles. The van der Waals surface area contributed by atoms with E-state index in [0.29, 0.717) is 0 Å². The smallest absolute Gasteiger partial charge is 0.138 e. The van der Waals surface area contributed by atoms with E-state index in [-0.39, 0.29) is 0 Å². The highest BCUT2D eigenvalue weighted by Crippen LogP contribution is 2.21. The molecule has 18 heavy (non-hydrogen) atoms. The van der Waals surface area contributed by atoms with E-state index in [1.54, 1.807) is 0 Å². The Labute approximate surface area is 113 Å². The van der Waals surface area contributed by atoms with Crippen LogP contribution in [0.15, 0.2) is 17.1 Å². The van der Waals surface area contributed by atoms with Crippen molar-refractivity contribution in [2.24, 2.45) is 4.99 Å². The third-order valence-electron chi connectivity index (χ3n) is 3.65. The van der Waals surface area contributed by atoms with Crippen LogP contribution >= 0.6 is 11.3 Å². The molecular weight excluding hydrogens is 242 g/mol. The zero-order valence-corrected chi connectivity index (χ0v) is 11.6. The summed E-state index contributed by atoms with van der Waals surface area (Å²) in [5, 5.41) is 3.35. The summed E-state index contributed by atoms with van der Waals surface area (Å²) in [6.07, 6.45) is 5.55. The van der Waals surface area contributed by atoms with Gasteiger partial charge in [-0.2, -0.15) is 0 Å². The normalized spacial score (nSPS) is 21.4. The van der Waals surface area contributed by atoms with Crippen molar-refractivity contribution < 1.29 is 0 Å². The number of nitrogens with zero attached hydrogens (tertiary/aromatic N) is 2. The van der Waals surface area contributed by atoms with Crippen molar-refractivity contribution in [1.82, 2.24) is 10.2 Å². The molecule has 0 unspecified atom stereocenters. The third kappa shape index (κ3) is 2.93. The first-order valence-electron chi connectivity index (χ1n) is 7.01. The summed E-state index contributed by atoms with van der Waals surface area (Å²) < 4.78 is 0. The van der Waals surface area contributed by atoms with Crippen molar-refractivity contribution in [3.05, 3.63) is 21.9 Å². The van der Waals surface area contributed by atoms with Crippen LogP contribution in [0.25, 0.3) is 0 Å². The van der Waals surface area contributed by atoms with Gasteiger partial charge in [-0.15, -0.1) is 11.3 Å². The van der Waals surface area contributed by atoms with Crippen molar-refractivity contribution in [1.29, 1.82) is 0 Å². The Kier molecular flexibility index (Phi) is 3.96. The predicted octanol–water partition coefficient (Wildman–Crippen LogP) is 2.47. The van der Waals surface area contributed by atoms with Crippen LogP contribution in [0.2, 0.25) is 0 Å². The SMILES string of the molecule is c1cc(C2=NCCN2)sc1CN1CCCCCC1. The van der Waals surface area contributed by atoms with E-state index < -0.39 is 0 Å². The van der Waals surface area contributed by atoms with Gasteiger partial charge in [0.05, 0.1) is 11.4 Å². The zero-order chi connectivity index (χ0) is 12.2. The molecule has 98 valence electrons. The first kappa shape index (κ1) is 12.2. The summed E-state index contributed by atoms with van der Waals surface area (Å²) in [6.45, 7) is 5.58. The molecule has 4 heteroatoms. The quantitative estimate of drug-likeness (QED) is 0.907. The largest absolute Gasteiger partial charge is 0.367 e. The minimum atomic E-state index is 0.925. The minimum Gasteiger partial charge on any atom is -0.367 e. The number of hydrogen-bond donors (Lipinski definition) is 1. The number of likely N-dealkylation sites (tertiary alicyclic amines) is 1. The van der Waals surface area contributed by atoms with Crippen LogP contribution in [0.1, 0.15) is 35.4 Å². The molecule has 1 aromatic rings. The summed E-state index contributed by atoms with van der Waals surface area (Å²) in [7, 11) is 0. The molecule has 1 aromatic heterocycles. The van der Waals surface area contributed by atoms with Crippen LogP contribution in [0, 0.1) is 0 Å². The second kappa shape index (κ2) is 5.85. The topological polar surface area (TPSA) is 27.6 Å². The summed E-state index contributed by atoms with van der Waals surface area (Å²) in [5.41, 5.74) is 0. The lowest BCUT2D eigenvalue weighted by atomic mass is 10.2. The van der Waals surface area contributed by atoms with Gasteiger partial charge >= 0.3 is 0 Å². The van der Waals surface area contributed by atoms with Gasteiger partial charge in [0.2, 0.25) is 0 Å². The molecule has 0 radical (unpaired) electrons. The van der Waals surface area contributed by atoms with Crippen LogP contribution in [0.5, 0.6) is 0 Å². The molecule has 2 aliphatic heterocycles. The zero-order valence-electron chi connectivity index (χ0n) is 10.8. The van der Waals surface area contributed by atoms with Gasteiger partial charge in [-0.05, 0) is 38.1 Å². The number of amidine groups is 1. The average Bonchev–Trinajstić information content (AvgIpc) is 2.98. The van der Waals surface area contributed by atoms with E-state index in [4.69, 9.17) is 0 Å². The van der Waals surface area contributed by atoms with E-state index >= 15 is 0 Å². The van der Waals surface area contributed by atoms with Crippen LogP contribution in [-0.2, 0) is 6.54 Å². The molecule has 1 fully saturated rings. The van der Waals surface area contributed by atoms with Crippen molar-refractivity contribution in [2.45, 2.75) is 32.2 Å². The molecule has 0 aliphatic carbocycles. The standard InChI is InChI=1S/C14H21N3S/c1-2-4-10-17(9-3-1)11-12-5-6-13(18-12)14-15-7-8-16-14/h5-6H,1-4,7-11H2,(H,15,16). The maximum absolute atomic E-state index is 4.48. The predicted molar refractivity (Wildman–Crippen MR) is 77.5 cm³/mol. The van der Waals surface area contributed by atoms with Gasteiger partial charge in [-0.25, -0.2) is 0 Å². The summed E-state index contributed by atoms with van der Waals surface area (Å²) >= 11 is 1.90.